The van der Waals surface area contributed by atoms with Crippen molar-refractivity contribution in [2.75, 3.05) is 7.11 Å². The van der Waals surface area contributed by atoms with Crippen molar-refractivity contribution in [1.82, 2.24) is 0 Å². The number of aliphatic carboxylic acids is 1. The number of carbonyl (C=O) groups is 1. The van der Waals surface area contributed by atoms with E-state index in [1.165, 1.54) is 25.3 Å². The molecule has 1 aliphatic rings. The first kappa shape index (κ1) is 11.5. The average Bonchev–Trinajstić information content (AvgIpc) is 2.16. The highest BCUT2D eigenvalue weighted by Gasteiger charge is 2.28. The maximum absolute atomic E-state index is 10.2. The van der Waals surface area contributed by atoms with Gasteiger partial charge in [0.15, 0.2) is 5.79 Å². The third-order valence-corrected chi connectivity index (χ3v) is 2.04. The van der Waals surface area contributed by atoms with E-state index in [4.69, 9.17) is 9.84 Å². The lowest BCUT2D eigenvalue weighted by Gasteiger charge is -2.25. The van der Waals surface area contributed by atoms with Crippen molar-refractivity contribution in [2.24, 2.45) is 0 Å². The quantitative estimate of drug-likeness (QED) is 0.474. The van der Waals surface area contributed by atoms with Gasteiger partial charge in [0, 0.05) is 18.8 Å². The van der Waals surface area contributed by atoms with Crippen LogP contribution in [0.4, 0.5) is 0 Å². The summed E-state index contributed by atoms with van der Waals surface area (Å²) in [5.74, 6) is -2.72. The molecule has 0 aliphatic heterocycles. The molecule has 5 nitrogen and oxygen atoms in total. The minimum Gasteiger partial charge on any atom is -0.511 e. The Hall–Kier alpha value is -1.59. The van der Waals surface area contributed by atoms with Crippen molar-refractivity contribution in [3.63, 3.8) is 0 Å². The predicted octanol–water partition coefficient (Wildman–Crippen LogP) is 0.734. The monoisotopic (exact) mass is 212 g/mol. The van der Waals surface area contributed by atoms with Crippen molar-refractivity contribution in [1.29, 1.82) is 0 Å². The van der Waals surface area contributed by atoms with E-state index >= 15 is 0 Å². The van der Waals surface area contributed by atoms with Crippen LogP contribution in [0.25, 0.3) is 0 Å². The molecule has 0 aromatic carbocycles. The molecule has 0 aromatic rings. The third-order valence-electron chi connectivity index (χ3n) is 2.04. The van der Waals surface area contributed by atoms with Crippen molar-refractivity contribution in [2.45, 2.75) is 12.2 Å². The van der Waals surface area contributed by atoms with Gasteiger partial charge in [-0.2, -0.15) is 0 Å². The van der Waals surface area contributed by atoms with Gasteiger partial charge in [-0.05, 0) is 12.2 Å². The Labute approximate surface area is 86.6 Å². The van der Waals surface area contributed by atoms with Gasteiger partial charge in [-0.25, -0.2) is 4.79 Å². The molecule has 0 radical (unpaired) electrons. The van der Waals surface area contributed by atoms with Crippen LogP contribution in [0.3, 0.4) is 0 Å². The molecule has 1 aliphatic carbocycles. The maximum atomic E-state index is 10.2. The van der Waals surface area contributed by atoms with Crippen LogP contribution in [0.15, 0.2) is 35.6 Å². The molecule has 1 unspecified atom stereocenters. The van der Waals surface area contributed by atoms with E-state index in [0.717, 1.165) is 6.08 Å². The van der Waals surface area contributed by atoms with Gasteiger partial charge in [-0.1, -0.05) is 6.08 Å². The smallest absolute Gasteiger partial charge is 0.328 e. The molecule has 0 fully saturated rings. The number of rotatable bonds is 3. The van der Waals surface area contributed by atoms with Crippen LogP contribution in [0, 0.1) is 0 Å². The average molecular weight is 212 g/mol. The normalized spacial score (nSPS) is 26.3. The minimum absolute atomic E-state index is 0.0979. The lowest BCUT2D eigenvalue weighted by molar-refractivity contribution is -0.149. The van der Waals surface area contributed by atoms with Gasteiger partial charge in [0.2, 0.25) is 0 Å². The second kappa shape index (κ2) is 4.29. The molecular formula is C10H12O5. The number of carboxylic acid groups (broad SMARTS) is 1. The number of ether oxygens (including phenoxy) is 1. The molecule has 0 spiro atoms. The number of hydrogen-bond donors (Lipinski definition) is 3. The summed E-state index contributed by atoms with van der Waals surface area (Å²) in [6.45, 7) is 0. The van der Waals surface area contributed by atoms with Gasteiger partial charge < -0.3 is 20.1 Å². The lowest BCUT2D eigenvalue weighted by atomic mass is 9.99. The summed E-state index contributed by atoms with van der Waals surface area (Å²) in [6.07, 6.45) is 4.83. The van der Waals surface area contributed by atoms with Crippen molar-refractivity contribution in [3.05, 3.63) is 35.6 Å². The molecule has 3 N–H and O–H groups in total. The van der Waals surface area contributed by atoms with E-state index < -0.39 is 11.8 Å². The van der Waals surface area contributed by atoms with Crippen molar-refractivity contribution >= 4 is 5.97 Å². The van der Waals surface area contributed by atoms with Crippen molar-refractivity contribution in [3.8, 4) is 0 Å². The molecule has 0 amide bonds. The van der Waals surface area contributed by atoms with E-state index in [-0.39, 0.29) is 12.2 Å². The van der Waals surface area contributed by atoms with Crippen LogP contribution in [0.5, 0.6) is 0 Å². The van der Waals surface area contributed by atoms with Gasteiger partial charge in [0.05, 0.1) is 6.42 Å². The molecule has 1 atom stereocenters. The van der Waals surface area contributed by atoms with E-state index in [1.807, 2.05) is 0 Å². The molecule has 0 saturated carbocycles. The Morgan fingerprint density at radius 2 is 2.33 bits per heavy atom. The van der Waals surface area contributed by atoms with E-state index in [9.17, 15) is 15.0 Å². The van der Waals surface area contributed by atoms with Crippen LogP contribution >= 0.6 is 0 Å². The van der Waals surface area contributed by atoms with Gasteiger partial charge >= 0.3 is 5.97 Å². The molecule has 15 heavy (non-hydrogen) atoms. The summed E-state index contributed by atoms with van der Waals surface area (Å²) < 4.78 is 4.76. The number of methoxy groups -OCH3 is 1. The van der Waals surface area contributed by atoms with Crippen molar-refractivity contribution < 1.29 is 24.9 Å². The zero-order valence-electron chi connectivity index (χ0n) is 8.17. The number of hydrogen-bond acceptors (Lipinski definition) is 4. The molecule has 0 heterocycles. The Morgan fingerprint density at radius 3 is 2.80 bits per heavy atom. The molecule has 5 heteroatoms. The second-order valence-corrected chi connectivity index (χ2v) is 3.13. The van der Waals surface area contributed by atoms with E-state index in [2.05, 4.69) is 0 Å². The van der Waals surface area contributed by atoms with E-state index in [1.54, 1.807) is 0 Å². The first-order valence-corrected chi connectivity index (χ1v) is 4.27. The molecule has 0 saturated heterocycles. The van der Waals surface area contributed by atoms with Crippen LogP contribution in [0.1, 0.15) is 6.42 Å². The SMILES string of the molecule is COC1(O)C=CC(/C=C/C(=O)O)=C(O)C1. The predicted molar refractivity (Wildman–Crippen MR) is 52.1 cm³/mol. The zero-order chi connectivity index (χ0) is 11.5. The Bertz CT molecular complexity index is 353. The van der Waals surface area contributed by atoms with Crippen LogP contribution in [-0.4, -0.2) is 34.2 Å². The van der Waals surface area contributed by atoms with Crippen LogP contribution in [-0.2, 0) is 9.53 Å². The zero-order valence-corrected chi connectivity index (χ0v) is 8.17. The highest BCUT2D eigenvalue weighted by atomic mass is 16.6. The first-order valence-electron chi connectivity index (χ1n) is 4.27. The number of carboxylic acids is 1. The Balaban J connectivity index is 2.83. The second-order valence-electron chi connectivity index (χ2n) is 3.13. The number of aliphatic hydroxyl groups excluding tert-OH is 1. The summed E-state index contributed by atoms with van der Waals surface area (Å²) in [4.78, 5) is 10.2. The molecule has 82 valence electrons. The Morgan fingerprint density at radius 1 is 1.67 bits per heavy atom. The van der Waals surface area contributed by atoms with Crippen LogP contribution < -0.4 is 0 Å². The van der Waals surface area contributed by atoms with Gasteiger partial charge in [-0.15, -0.1) is 0 Å². The summed E-state index contributed by atoms with van der Waals surface area (Å²) in [5.41, 5.74) is 0.346. The topological polar surface area (TPSA) is 87.0 Å². The fourth-order valence-electron chi connectivity index (χ4n) is 1.17. The van der Waals surface area contributed by atoms with Gasteiger partial charge in [-0.3, -0.25) is 0 Å². The summed E-state index contributed by atoms with van der Waals surface area (Å²) in [7, 11) is 1.32. The fourth-order valence-corrected chi connectivity index (χ4v) is 1.17. The Kier molecular flexibility index (Phi) is 3.28. The maximum Gasteiger partial charge on any atom is 0.328 e. The van der Waals surface area contributed by atoms with Gasteiger partial charge in [0.25, 0.3) is 0 Å². The highest BCUT2D eigenvalue weighted by molar-refractivity contribution is 5.80. The van der Waals surface area contributed by atoms with Crippen LogP contribution in [0.2, 0.25) is 0 Å². The largest absolute Gasteiger partial charge is 0.511 e. The molecule has 1 rings (SSSR count). The summed E-state index contributed by atoms with van der Waals surface area (Å²) in [6, 6.07) is 0. The molecule has 0 bridgehead atoms. The molecular weight excluding hydrogens is 200 g/mol. The number of aliphatic hydroxyl groups is 2. The number of allylic oxidation sites excluding steroid dienone is 3. The summed E-state index contributed by atoms with van der Waals surface area (Å²) >= 11 is 0. The highest BCUT2D eigenvalue weighted by Crippen LogP contribution is 2.26. The standard InChI is InChI=1S/C10H12O5/c1-15-10(14)5-4-7(8(11)6-10)2-3-9(12)13/h2-5,11,14H,6H2,1H3,(H,12,13)/b3-2+. The summed E-state index contributed by atoms with van der Waals surface area (Å²) in [5, 5.41) is 27.5. The first-order chi connectivity index (χ1) is 6.97. The molecule has 0 aromatic heterocycles. The minimum atomic E-state index is -1.51. The van der Waals surface area contributed by atoms with E-state index in [0.29, 0.717) is 5.57 Å². The fraction of sp³-hybridized carbons (Fsp3) is 0.300. The van der Waals surface area contributed by atoms with Gasteiger partial charge in [0.1, 0.15) is 5.76 Å². The third kappa shape index (κ3) is 2.93. The lowest BCUT2D eigenvalue weighted by Crippen LogP contribution is -2.30.